The van der Waals surface area contributed by atoms with Gasteiger partial charge in [-0.1, -0.05) is 0 Å². The fourth-order valence-corrected chi connectivity index (χ4v) is 4.88. The fourth-order valence-electron chi connectivity index (χ4n) is 4.88. The molecule has 0 radical (unpaired) electrons. The van der Waals surface area contributed by atoms with Crippen molar-refractivity contribution in [3.8, 4) is 11.3 Å². The summed E-state index contributed by atoms with van der Waals surface area (Å²) in [4.78, 5) is 13.4. The molecule has 0 saturated heterocycles. The van der Waals surface area contributed by atoms with E-state index in [9.17, 15) is 13.2 Å². The number of hydrogen-bond donors (Lipinski definition) is 3. The lowest BCUT2D eigenvalue weighted by molar-refractivity contribution is -0.140. The van der Waals surface area contributed by atoms with Crippen LogP contribution in [0.1, 0.15) is 31.5 Å². The third kappa shape index (κ3) is 5.32. The van der Waals surface area contributed by atoms with Crippen molar-refractivity contribution < 1.29 is 23.0 Å². The topological polar surface area (TPSA) is 114 Å². The number of hydrogen-bond acceptors (Lipinski definition) is 8. The number of fused-ring (bicyclic) bond motifs is 2. The van der Waals surface area contributed by atoms with Gasteiger partial charge in [0.15, 0.2) is 11.5 Å². The molecular weight excluding hydrogens is 489 g/mol. The number of aromatic nitrogens is 6. The number of halogens is 3. The van der Waals surface area contributed by atoms with Gasteiger partial charge in [0.2, 0.25) is 5.95 Å². The zero-order valence-electron chi connectivity index (χ0n) is 20.6. The Kier molecular flexibility index (Phi) is 6.90. The van der Waals surface area contributed by atoms with E-state index in [2.05, 4.69) is 30.7 Å². The fraction of sp³-hybridized carbons (Fsp3) is 0.500. The molecule has 1 aliphatic rings. The van der Waals surface area contributed by atoms with Crippen molar-refractivity contribution in [2.45, 2.75) is 57.5 Å². The lowest BCUT2D eigenvalue weighted by Crippen LogP contribution is -2.31. The molecule has 1 fully saturated rings. The normalized spacial score (nSPS) is 18.5. The van der Waals surface area contributed by atoms with Gasteiger partial charge in [-0.05, 0) is 50.8 Å². The molecule has 1 saturated carbocycles. The molecule has 4 aromatic heterocycles. The van der Waals surface area contributed by atoms with Gasteiger partial charge in [-0.2, -0.15) is 18.2 Å². The van der Waals surface area contributed by atoms with Gasteiger partial charge < -0.3 is 25.0 Å². The molecule has 0 aromatic carbocycles. The molecule has 0 spiro atoms. The van der Waals surface area contributed by atoms with Crippen LogP contribution < -0.4 is 10.6 Å². The van der Waals surface area contributed by atoms with Gasteiger partial charge in [0.05, 0.1) is 25.0 Å². The summed E-state index contributed by atoms with van der Waals surface area (Å²) in [7, 11) is 1.75. The first kappa shape index (κ1) is 25.2. The van der Waals surface area contributed by atoms with E-state index in [-0.39, 0.29) is 30.2 Å². The van der Waals surface area contributed by atoms with E-state index in [4.69, 9.17) is 9.84 Å². The average molecular weight is 519 g/mol. The number of aliphatic hydroxyl groups excluding tert-OH is 1. The second-order valence-electron chi connectivity index (χ2n) is 9.17. The van der Waals surface area contributed by atoms with E-state index in [1.54, 1.807) is 29.9 Å². The Bertz CT molecular complexity index is 1390. The van der Waals surface area contributed by atoms with Gasteiger partial charge in [-0.15, -0.1) is 5.10 Å². The summed E-state index contributed by atoms with van der Waals surface area (Å²) in [6, 6.07) is 5.44. The van der Waals surface area contributed by atoms with E-state index in [1.165, 1.54) is 6.92 Å². The monoisotopic (exact) mass is 518 g/mol. The summed E-state index contributed by atoms with van der Waals surface area (Å²) in [6.07, 6.45) is 1.14. The minimum absolute atomic E-state index is 0.0257. The number of imidazole rings is 1. The predicted molar refractivity (Wildman–Crippen MR) is 133 cm³/mol. The Labute approximate surface area is 210 Å². The molecule has 0 unspecified atom stereocenters. The SMILES string of the molecule is CNc1nc(NC2CCC(OCCO)CC2)nn2ccc(-c3ccc4nc(C)n(CC(F)(F)F)c4n3)c12. The first-order chi connectivity index (χ1) is 17.8. The van der Waals surface area contributed by atoms with Crippen LogP contribution >= 0.6 is 0 Å². The third-order valence-corrected chi connectivity index (χ3v) is 6.60. The first-order valence-corrected chi connectivity index (χ1v) is 12.2. The Hall–Kier alpha value is -3.45. The van der Waals surface area contributed by atoms with Crippen molar-refractivity contribution in [2.75, 3.05) is 30.9 Å². The summed E-state index contributed by atoms with van der Waals surface area (Å²) in [6.45, 7) is 0.766. The van der Waals surface area contributed by atoms with E-state index < -0.39 is 12.7 Å². The number of aryl methyl sites for hydroxylation is 1. The summed E-state index contributed by atoms with van der Waals surface area (Å²) in [5, 5.41) is 20.1. The van der Waals surface area contributed by atoms with Gasteiger partial charge in [-0.3, -0.25) is 0 Å². The molecule has 198 valence electrons. The zero-order valence-corrected chi connectivity index (χ0v) is 20.6. The van der Waals surface area contributed by atoms with Gasteiger partial charge in [0.1, 0.15) is 23.4 Å². The highest BCUT2D eigenvalue weighted by Gasteiger charge is 2.30. The highest BCUT2D eigenvalue weighted by Crippen LogP contribution is 2.32. The maximum Gasteiger partial charge on any atom is 0.406 e. The molecule has 5 rings (SSSR count). The molecule has 4 aromatic rings. The number of anilines is 2. The molecule has 0 atom stereocenters. The summed E-state index contributed by atoms with van der Waals surface area (Å²) in [5.74, 6) is 1.29. The predicted octanol–water partition coefficient (Wildman–Crippen LogP) is 3.79. The van der Waals surface area contributed by atoms with E-state index >= 15 is 0 Å². The van der Waals surface area contributed by atoms with Crippen molar-refractivity contribution in [1.29, 1.82) is 0 Å². The maximum atomic E-state index is 13.2. The molecule has 1 aliphatic carbocycles. The molecule has 10 nitrogen and oxygen atoms in total. The van der Waals surface area contributed by atoms with Gasteiger partial charge in [0.25, 0.3) is 0 Å². The minimum Gasteiger partial charge on any atom is -0.394 e. The summed E-state index contributed by atoms with van der Waals surface area (Å²) < 4.78 is 47.9. The van der Waals surface area contributed by atoms with Crippen molar-refractivity contribution >= 4 is 28.4 Å². The average Bonchev–Trinajstić information content (AvgIpc) is 3.42. The molecule has 4 heterocycles. The molecule has 0 amide bonds. The Morgan fingerprint density at radius 2 is 1.89 bits per heavy atom. The van der Waals surface area contributed by atoms with Crippen LogP contribution in [0, 0.1) is 6.92 Å². The summed E-state index contributed by atoms with van der Waals surface area (Å²) >= 11 is 0. The van der Waals surface area contributed by atoms with E-state index in [1.807, 2.05) is 6.07 Å². The first-order valence-electron chi connectivity index (χ1n) is 12.2. The van der Waals surface area contributed by atoms with E-state index in [0.717, 1.165) is 30.3 Å². The van der Waals surface area contributed by atoms with Gasteiger partial charge >= 0.3 is 6.18 Å². The van der Waals surface area contributed by atoms with Crippen molar-refractivity contribution in [3.05, 3.63) is 30.2 Å². The van der Waals surface area contributed by atoms with Crippen LogP contribution in [0.4, 0.5) is 24.9 Å². The van der Waals surface area contributed by atoms with Gasteiger partial charge in [-0.25, -0.2) is 14.5 Å². The minimum atomic E-state index is -4.39. The molecule has 0 bridgehead atoms. The zero-order chi connectivity index (χ0) is 26.2. The highest BCUT2D eigenvalue weighted by molar-refractivity contribution is 5.89. The van der Waals surface area contributed by atoms with Crippen molar-refractivity contribution in [1.82, 2.24) is 29.1 Å². The second-order valence-corrected chi connectivity index (χ2v) is 9.17. The van der Waals surface area contributed by atoms with Crippen LogP contribution in [0.25, 0.3) is 27.9 Å². The second kappa shape index (κ2) is 10.1. The molecular formula is C24H29F3N8O2. The number of rotatable bonds is 8. The highest BCUT2D eigenvalue weighted by atomic mass is 19.4. The molecule has 3 N–H and O–H groups in total. The van der Waals surface area contributed by atoms with Crippen LogP contribution in [0.15, 0.2) is 24.4 Å². The lowest BCUT2D eigenvalue weighted by Gasteiger charge is -2.29. The number of nitrogens with one attached hydrogen (secondary N) is 2. The smallest absolute Gasteiger partial charge is 0.394 e. The number of pyridine rings is 1. The summed E-state index contributed by atoms with van der Waals surface area (Å²) in [5.41, 5.74) is 2.44. The molecule has 13 heteroatoms. The Morgan fingerprint density at radius 3 is 2.59 bits per heavy atom. The van der Waals surface area contributed by atoms with Crippen LogP contribution in [-0.4, -0.2) is 72.8 Å². The molecule has 37 heavy (non-hydrogen) atoms. The number of aliphatic hydroxyl groups is 1. The largest absolute Gasteiger partial charge is 0.406 e. The van der Waals surface area contributed by atoms with Crippen LogP contribution in [0.5, 0.6) is 0 Å². The van der Waals surface area contributed by atoms with Gasteiger partial charge in [0, 0.05) is 24.8 Å². The van der Waals surface area contributed by atoms with Crippen LogP contribution in [0.2, 0.25) is 0 Å². The Balaban J connectivity index is 1.43. The third-order valence-electron chi connectivity index (χ3n) is 6.60. The van der Waals surface area contributed by atoms with Crippen LogP contribution in [0.3, 0.4) is 0 Å². The number of nitrogens with zero attached hydrogens (tertiary/aromatic N) is 6. The number of ether oxygens (including phenoxy) is 1. The number of alkyl halides is 3. The van der Waals surface area contributed by atoms with Crippen molar-refractivity contribution in [3.63, 3.8) is 0 Å². The van der Waals surface area contributed by atoms with E-state index in [0.29, 0.717) is 40.7 Å². The standard InChI is InChI=1S/C24H29F3N8O2/c1-14-29-19-8-7-18(31-22(19)34(14)13-24(25,26)27)17-9-10-35-20(17)21(28-2)32-23(33-35)30-15-3-5-16(6-4-15)37-12-11-36/h7-10,15-16,36H,3-6,11-13H2,1-2H3,(H2,28,30,32,33). The Morgan fingerprint density at radius 1 is 1.11 bits per heavy atom. The van der Waals surface area contributed by atoms with Crippen molar-refractivity contribution in [2.24, 2.45) is 0 Å². The maximum absolute atomic E-state index is 13.2. The molecule has 0 aliphatic heterocycles. The van der Waals surface area contributed by atoms with Crippen LogP contribution in [-0.2, 0) is 11.3 Å². The lowest BCUT2D eigenvalue weighted by atomic mass is 9.93. The quantitative estimate of drug-likeness (QED) is 0.323.